The van der Waals surface area contributed by atoms with E-state index in [0.29, 0.717) is 11.5 Å². The van der Waals surface area contributed by atoms with Crippen molar-refractivity contribution in [3.05, 3.63) is 53.6 Å². The molecule has 0 bridgehead atoms. The van der Waals surface area contributed by atoms with E-state index in [4.69, 9.17) is 9.47 Å². The molecule has 5 heteroatoms. The predicted octanol–water partition coefficient (Wildman–Crippen LogP) is 0.642. The molecule has 0 saturated carbocycles. The Bertz CT molecular complexity index is 669. The van der Waals surface area contributed by atoms with Gasteiger partial charge < -0.3 is 43.0 Å². The van der Waals surface area contributed by atoms with Crippen LogP contribution in [0, 0.1) is 0 Å². The van der Waals surface area contributed by atoms with Gasteiger partial charge in [0.25, 0.3) is 0 Å². The number of phenolic OH excluding ortho intramolecular Hbond substituents is 1. The minimum atomic E-state index is 0. The van der Waals surface area contributed by atoms with Crippen molar-refractivity contribution in [1.29, 1.82) is 0 Å². The average Bonchev–Trinajstić information content (AvgIpc) is 2.55. The normalized spacial score (nSPS) is 12.2. The molecule has 138 valence electrons. The maximum Gasteiger partial charge on any atom is 0.161 e. The van der Waals surface area contributed by atoms with Crippen LogP contribution in [0.3, 0.4) is 0 Å². The zero-order valence-electron chi connectivity index (χ0n) is 15.6. The Labute approximate surface area is 168 Å². The third-order valence-electron chi connectivity index (χ3n) is 4.20. The number of halogens is 1. The fourth-order valence-corrected chi connectivity index (χ4v) is 2.88. The van der Waals surface area contributed by atoms with Crippen molar-refractivity contribution >= 4 is 0 Å². The Hall–Kier alpha value is -1.47. The first-order chi connectivity index (χ1) is 11.4. The molecule has 0 fully saturated rings. The molecule has 0 aliphatic rings. The minimum absolute atomic E-state index is 0. The molecule has 2 rings (SSSR count). The van der Waals surface area contributed by atoms with Crippen molar-refractivity contribution in [2.75, 3.05) is 41.9 Å². The summed E-state index contributed by atoms with van der Waals surface area (Å²) in [5, 5.41) is 10.1. The van der Waals surface area contributed by atoms with Crippen LogP contribution < -0.4 is 33.5 Å². The molecule has 1 atom stereocenters. The number of ether oxygens (including phenoxy) is 2. The number of hydrogen-bond donors (Lipinski definition) is 1. The second-order valence-electron chi connectivity index (χ2n) is 7.03. The van der Waals surface area contributed by atoms with Gasteiger partial charge in [0.1, 0.15) is 5.75 Å². The summed E-state index contributed by atoms with van der Waals surface area (Å²) < 4.78 is 11.7. The first-order valence-corrected chi connectivity index (χ1v) is 8.16. The van der Waals surface area contributed by atoms with Gasteiger partial charge in [0.2, 0.25) is 0 Å². The summed E-state index contributed by atoms with van der Waals surface area (Å²) in [6, 6.07) is 13.9. The maximum absolute atomic E-state index is 10.1. The van der Waals surface area contributed by atoms with E-state index in [1.165, 1.54) is 5.56 Å². The zero-order valence-corrected chi connectivity index (χ0v) is 17.8. The van der Waals surface area contributed by atoms with Crippen LogP contribution in [0.15, 0.2) is 42.5 Å². The Morgan fingerprint density at radius 2 is 1.56 bits per heavy atom. The molecule has 0 aliphatic heterocycles. The molecule has 4 nitrogen and oxygen atoms in total. The van der Waals surface area contributed by atoms with Gasteiger partial charge in [-0.05, 0) is 11.6 Å². The topological polar surface area (TPSA) is 38.7 Å². The van der Waals surface area contributed by atoms with Crippen LogP contribution in [-0.2, 0) is 0 Å². The van der Waals surface area contributed by atoms with E-state index in [1.54, 1.807) is 20.3 Å². The lowest BCUT2D eigenvalue weighted by molar-refractivity contribution is -0.870. The molecule has 0 saturated heterocycles. The molecule has 2 aromatic carbocycles. The van der Waals surface area contributed by atoms with Gasteiger partial charge in [-0.25, -0.2) is 0 Å². The first-order valence-electron chi connectivity index (χ1n) is 8.16. The molecule has 0 heterocycles. The Morgan fingerprint density at radius 1 is 0.960 bits per heavy atom. The number of phenols is 1. The zero-order chi connectivity index (χ0) is 17.7. The monoisotopic (exact) mass is 457 g/mol. The summed E-state index contributed by atoms with van der Waals surface area (Å²) in [4.78, 5) is 0. The molecule has 0 radical (unpaired) electrons. The van der Waals surface area contributed by atoms with E-state index in [9.17, 15) is 5.11 Å². The van der Waals surface area contributed by atoms with Crippen molar-refractivity contribution in [3.63, 3.8) is 0 Å². The SMILES string of the molecule is COc1cc(C(CC[N+](C)(C)C)c2ccccc2)c(OC)cc1O.[I-]. The van der Waals surface area contributed by atoms with Crippen LogP contribution in [0.5, 0.6) is 17.2 Å². The third kappa shape index (κ3) is 5.78. The van der Waals surface area contributed by atoms with E-state index >= 15 is 0 Å². The fourth-order valence-electron chi connectivity index (χ4n) is 2.88. The molecule has 0 spiro atoms. The summed E-state index contributed by atoms with van der Waals surface area (Å²) in [7, 11) is 9.77. The first kappa shape index (κ1) is 21.6. The second kappa shape index (κ2) is 9.29. The molecule has 1 N–H and O–H groups in total. The molecular formula is C20H28INO3. The van der Waals surface area contributed by atoms with Crippen LogP contribution >= 0.6 is 0 Å². The van der Waals surface area contributed by atoms with Crippen LogP contribution in [0.4, 0.5) is 0 Å². The number of aromatic hydroxyl groups is 1. The molecule has 25 heavy (non-hydrogen) atoms. The maximum atomic E-state index is 10.1. The number of rotatable bonds is 7. The summed E-state index contributed by atoms with van der Waals surface area (Å²) >= 11 is 0. The molecule has 2 aromatic rings. The van der Waals surface area contributed by atoms with Gasteiger partial charge in [-0.1, -0.05) is 30.3 Å². The fraction of sp³-hybridized carbons (Fsp3) is 0.400. The average molecular weight is 457 g/mol. The predicted molar refractivity (Wildman–Crippen MR) is 97.0 cm³/mol. The van der Waals surface area contributed by atoms with E-state index < -0.39 is 0 Å². The van der Waals surface area contributed by atoms with Gasteiger partial charge in [-0.15, -0.1) is 0 Å². The highest BCUT2D eigenvalue weighted by Crippen LogP contribution is 2.41. The standard InChI is InChI=1S/C20H27NO3.HI/c1-21(2,3)12-11-16(15-9-7-6-8-10-15)17-13-20(24-5)18(22)14-19(17)23-4;/h6-10,13-14,16H,11-12H2,1-5H3;1H. The summed E-state index contributed by atoms with van der Waals surface area (Å²) in [5.41, 5.74) is 2.27. The highest BCUT2D eigenvalue weighted by Gasteiger charge is 2.23. The smallest absolute Gasteiger partial charge is 0.161 e. The van der Waals surface area contributed by atoms with Gasteiger partial charge in [-0.2, -0.15) is 0 Å². The molecular weight excluding hydrogens is 429 g/mol. The van der Waals surface area contributed by atoms with E-state index in [0.717, 1.165) is 23.0 Å². The summed E-state index contributed by atoms with van der Waals surface area (Å²) in [5.74, 6) is 1.42. The van der Waals surface area contributed by atoms with Crippen LogP contribution in [-0.4, -0.2) is 51.5 Å². The summed E-state index contributed by atoms with van der Waals surface area (Å²) in [6.45, 7) is 1.02. The van der Waals surface area contributed by atoms with Crippen molar-refractivity contribution in [1.82, 2.24) is 0 Å². The van der Waals surface area contributed by atoms with Crippen LogP contribution in [0.25, 0.3) is 0 Å². The molecule has 1 unspecified atom stereocenters. The van der Waals surface area contributed by atoms with Gasteiger partial charge in [-0.3, -0.25) is 0 Å². The second-order valence-corrected chi connectivity index (χ2v) is 7.03. The number of hydrogen-bond acceptors (Lipinski definition) is 3. The molecule has 0 amide bonds. The lowest BCUT2D eigenvalue weighted by Gasteiger charge is -2.28. The Morgan fingerprint density at radius 3 is 2.08 bits per heavy atom. The molecule has 0 aliphatic carbocycles. The van der Waals surface area contributed by atoms with Gasteiger partial charge in [0, 0.05) is 24.0 Å². The number of benzene rings is 2. The minimum Gasteiger partial charge on any atom is -1.00 e. The quantitative estimate of drug-likeness (QED) is 0.490. The number of quaternary nitrogens is 1. The third-order valence-corrected chi connectivity index (χ3v) is 4.20. The van der Waals surface area contributed by atoms with Crippen molar-refractivity contribution in [2.45, 2.75) is 12.3 Å². The lowest BCUT2D eigenvalue weighted by Crippen LogP contribution is -3.00. The van der Waals surface area contributed by atoms with E-state index in [2.05, 4.69) is 45.4 Å². The highest BCUT2D eigenvalue weighted by molar-refractivity contribution is 5.53. The highest BCUT2D eigenvalue weighted by atomic mass is 127. The van der Waals surface area contributed by atoms with Gasteiger partial charge >= 0.3 is 0 Å². The number of nitrogens with zero attached hydrogens (tertiary/aromatic N) is 1. The van der Waals surface area contributed by atoms with E-state index in [-0.39, 0.29) is 35.6 Å². The van der Waals surface area contributed by atoms with Crippen molar-refractivity contribution in [2.24, 2.45) is 0 Å². The van der Waals surface area contributed by atoms with Gasteiger partial charge in [0.05, 0.1) is 41.9 Å². The van der Waals surface area contributed by atoms with Crippen LogP contribution in [0.1, 0.15) is 23.5 Å². The Kier molecular flexibility index (Phi) is 8.02. The van der Waals surface area contributed by atoms with Crippen molar-refractivity contribution < 1.29 is 43.0 Å². The number of methoxy groups -OCH3 is 2. The van der Waals surface area contributed by atoms with Gasteiger partial charge in [0.15, 0.2) is 11.5 Å². The molecule has 0 aromatic heterocycles. The largest absolute Gasteiger partial charge is 1.00 e. The Balaban J connectivity index is 0.00000312. The summed E-state index contributed by atoms with van der Waals surface area (Å²) in [6.07, 6.45) is 0.970. The van der Waals surface area contributed by atoms with Crippen LogP contribution in [0.2, 0.25) is 0 Å². The van der Waals surface area contributed by atoms with Crippen molar-refractivity contribution in [3.8, 4) is 17.2 Å². The lowest BCUT2D eigenvalue weighted by atomic mass is 9.87. The van der Waals surface area contributed by atoms with E-state index in [1.807, 2.05) is 12.1 Å².